The van der Waals surface area contributed by atoms with Gasteiger partial charge in [0, 0.05) is 44.9 Å². The molecule has 0 fully saturated rings. The second-order valence-corrected chi connectivity index (χ2v) is 8.96. The van der Waals surface area contributed by atoms with E-state index in [9.17, 15) is 4.79 Å². The molecule has 1 heterocycles. The van der Waals surface area contributed by atoms with Gasteiger partial charge < -0.3 is 14.5 Å². The van der Waals surface area contributed by atoms with Gasteiger partial charge in [-0.15, -0.1) is 0 Å². The monoisotopic (exact) mass is 493 g/mol. The lowest BCUT2D eigenvalue weighted by atomic mass is 9.99. The van der Waals surface area contributed by atoms with Crippen LogP contribution in [0.25, 0.3) is 27.7 Å². The number of anilines is 1. The molecular weight excluding hydrogens is 469 g/mol. The average Bonchev–Trinajstić information content (AvgIpc) is 3.19. The molecule has 0 atom stereocenters. The number of furan rings is 1. The first-order valence-electron chi connectivity index (χ1n) is 11.0. The van der Waals surface area contributed by atoms with Crippen molar-refractivity contribution in [2.75, 3.05) is 11.9 Å². The number of allylic oxidation sites excluding steroid dienone is 1. The molecule has 0 radical (unpaired) electrons. The maximum Gasteiger partial charge on any atom is 0.248 e. The predicted octanol–water partition coefficient (Wildman–Crippen LogP) is 8.46. The molecule has 0 spiro atoms. The highest BCUT2D eigenvalue weighted by molar-refractivity contribution is 6.36. The van der Waals surface area contributed by atoms with Crippen molar-refractivity contribution in [2.24, 2.45) is 0 Å². The summed E-state index contributed by atoms with van der Waals surface area (Å²) < 4.78 is 11.7. The minimum Gasteiger partial charge on any atom is -0.493 e. The van der Waals surface area contributed by atoms with E-state index in [-0.39, 0.29) is 5.91 Å². The number of hydrogen-bond acceptors (Lipinski definition) is 3. The minimum absolute atomic E-state index is 0.207. The molecule has 0 aliphatic carbocycles. The Balaban J connectivity index is 1.75. The van der Waals surface area contributed by atoms with Gasteiger partial charge in [-0.25, -0.2) is 0 Å². The Morgan fingerprint density at radius 2 is 1.88 bits per heavy atom. The van der Waals surface area contributed by atoms with Crippen molar-refractivity contribution in [1.82, 2.24) is 0 Å². The Kier molecular flexibility index (Phi) is 7.01. The number of carbonyl (C=O) groups is 1. The summed E-state index contributed by atoms with van der Waals surface area (Å²) in [6.07, 6.45) is 3.26. The molecule has 0 aliphatic heterocycles. The average molecular weight is 494 g/mol. The van der Waals surface area contributed by atoms with E-state index in [1.54, 1.807) is 24.5 Å². The van der Waals surface area contributed by atoms with E-state index in [1.165, 1.54) is 0 Å². The van der Waals surface area contributed by atoms with Crippen LogP contribution in [0.15, 0.2) is 65.3 Å². The molecule has 4 rings (SSSR count). The van der Waals surface area contributed by atoms with Crippen LogP contribution in [0.4, 0.5) is 5.69 Å². The number of rotatable bonds is 6. The van der Waals surface area contributed by atoms with Gasteiger partial charge in [0.1, 0.15) is 11.3 Å². The lowest BCUT2D eigenvalue weighted by Crippen LogP contribution is -2.10. The number of fused-ring (bicyclic) bond motifs is 1. The molecule has 174 valence electrons. The second kappa shape index (κ2) is 9.96. The van der Waals surface area contributed by atoms with Crippen LogP contribution in [-0.2, 0) is 4.79 Å². The van der Waals surface area contributed by atoms with E-state index < -0.39 is 0 Å². The molecular formula is C28H25Cl2NO3. The molecule has 1 amide bonds. The van der Waals surface area contributed by atoms with Crippen LogP contribution >= 0.6 is 23.2 Å². The molecule has 0 saturated carbocycles. The number of hydrogen-bond donors (Lipinski definition) is 1. The third-order valence-corrected chi connectivity index (χ3v) is 6.38. The van der Waals surface area contributed by atoms with Gasteiger partial charge >= 0.3 is 0 Å². The lowest BCUT2D eigenvalue weighted by Gasteiger charge is -2.13. The van der Waals surface area contributed by atoms with Crippen LogP contribution < -0.4 is 10.1 Å². The van der Waals surface area contributed by atoms with E-state index in [0.29, 0.717) is 28.0 Å². The number of aryl methyl sites for hydroxylation is 1. The lowest BCUT2D eigenvalue weighted by molar-refractivity contribution is -0.111. The van der Waals surface area contributed by atoms with E-state index in [4.69, 9.17) is 32.4 Å². The number of benzene rings is 3. The topological polar surface area (TPSA) is 51.5 Å². The zero-order chi connectivity index (χ0) is 24.4. The summed E-state index contributed by atoms with van der Waals surface area (Å²) in [5, 5.41) is 4.94. The largest absolute Gasteiger partial charge is 0.493 e. The first-order valence-corrected chi connectivity index (χ1v) is 11.7. The van der Waals surface area contributed by atoms with Crippen molar-refractivity contribution in [1.29, 1.82) is 0 Å². The van der Waals surface area contributed by atoms with Gasteiger partial charge in [0.2, 0.25) is 5.91 Å². The molecule has 34 heavy (non-hydrogen) atoms. The Hall–Kier alpha value is -3.21. The third kappa shape index (κ3) is 4.84. The van der Waals surface area contributed by atoms with Gasteiger partial charge in [-0.05, 0) is 68.7 Å². The highest BCUT2D eigenvalue weighted by atomic mass is 35.5. The summed E-state index contributed by atoms with van der Waals surface area (Å²) in [4.78, 5) is 12.8. The van der Waals surface area contributed by atoms with Gasteiger partial charge in [-0.2, -0.15) is 0 Å². The van der Waals surface area contributed by atoms with Crippen LogP contribution in [0.2, 0.25) is 10.0 Å². The van der Waals surface area contributed by atoms with E-state index in [0.717, 1.165) is 44.5 Å². The number of amides is 1. The quantitative estimate of drug-likeness (QED) is 0.274. The SMILES string of the molecule is CCOc1cc2occ(-c3ccc(Cl)cc3Cl)c2cc1/C(C)=C/C(=O)Nc1cccc(C)c1C. The minimum atomic E-state index is -0.207. The van der Waals surface area contributed by atoms with Crippen molar-refractivity contribution in [2.45, 2.75) is 27.7 Å². The Labute approximate surface area is 209 Å². The molecule has 0 saturated heterocycles. The molecule has 1 aromatic heterocycles. The zero-order valence-electron chi connectivity index (χ0n) is 19.5. The van der Waals surface area contributed by atoms with Crippen molar-refractivity contribution in [3.05, 3.63) is 87.6 Å². The normalized spacial score (nSPS) is 11.6. The van der Waals surface area contributed by atoms with Gasteiger partial charge in [-0.1, -0.05) is 41.4 Å². The number of halogens is 2. The molecule has 3 aromatic carbocycles. The highest BCUT2D eigenvalue weighted by Crippen LogP contribution is 2.40. The van der Waals surface area contributed by atoms with Gasteiger partial charge in [0.15, 0.2) is 0 Å². The summed E-state index contributed by atoms with van der Waals surface area (Å²) >= 11 is 12.5. The van der Waals surface area contributed by atoms with Crippen LogP contribution in [0.3, 0.4) is 0 Å². The number of ether oxygens (including phenoxy) is 1. The Morgan fingerprint density at radius 3 is 2.62 bits per heavy atom. The van der Waals surface area contributed by atoms with Crippen LogP contribution in [0.1, 0.15) is 30.5 Å². The summed E-state index contributed by atoms with van der Waals surface area (Å²) in [6, 6.07) is 15.0. The fourth-order valence-corrected chi connectivity index (χ4v) is 4.39. The molecule has 0 bridgehead atoms. The molecule has 6 heteroatoms. The molecule has 0 unspecified atom stereocenters. The highest BCUT2D eigenvalue weighted by Gasteiger charge is 2.17. The first-order chi connectivity index (χ1) is 16.3. The maximum absolute atomic E-state index is 12.8. The smallest absolute Gasteiger partial charge is 0.248 e. The van der Waals surface area contributed by atoms with Crippen molar-refractivity contribution in [3.63, 3.8) is 0 Å². The molecule has 4 nitrogen and oxygen atoms in total. The maximum atomic E-state index is 12.8. The van der Waals surface area contributed by atoms with Gasteiger partial charge in [0.25, 0.3) is 0 Å². The summed E-state index contributed by atoms with van der Waals surface area (Å²) in [5.41, 5.74) is 6.85. The molecule has 0 aliphatic rings. The molecule has 4 aromatic rings. The summed E-state index contributed by atoms with van der Waals surface area (Å²) in [5.74, 6) is 0.438. The van der Waals surface area contributed by atoms with E-state index >= 15 is 0 Å². The zero-order valence-corrected chi connectivity index (χ0v) is 21.0. The Bertz CT molecular complexity index is 1420. The van der Waals surface area contributed by atoms with Crippen molar-refractivity contribution in [3.8, 4) is 16.9 Å². The van der Waals surface area contributed by atoms with Crippen LogP contribution in [0.5, 0.6) is 5.75 Å². The third-order valence-electron chi connectivity index (χ3n) is 5.83. The number of nitrogens with one attached hydrogen (secondary N) is 1. The first kappa shape index (κ1) is 23.9. The number of carbonyl (C=O) groups excluding carboxylic acids is 1. The fourth-order valence-electron chi connectivity index (χ4n) is 3.88. The van der Waals surface area contributed by atoms with Gasteiger partial charge in [0.05, 0.1) is 17.9 Å². The summed E-state index contributed by atoms with van der Waals surface area (Å²) in [7, 11) is 0. The van der Waals surface area contributed by atoms with Crippen molar-refractivity contribution < 1.29 is 13.9 Å². The van der Waals surface area contributed by atoms with Crippen LogP contribution in [-0.4, -0.2) is 12.5 Å². The van der Waals surface area contributed by atoms with E-state index in [2.05, 4.69) is 5.32 Å². The van der Waals surface area contributed by atoms with Crippen LogP contribution in [0, 0.1) is 13.8 Å². The fraction of sp³-hybridized carbons (Fsp3) is 0.179. The van der Waals surface area contributed by atoms with E-state index in [1.807, 2.05) is 64.1 Å². The second-order valence-electron chi connectivity index (χ2n) is 8.12. The van der Waals surface area contributed by atoms with Crippen molar-refractivity contribution >= 4 is 51.3 Å². The molecule has 1 N–H and O–H groups in total. The summed E-state index contributed by atoms with van der Waals surface area (Å²) in [6.45, 7) is 8.30. The standard InChI is InChI=1S/C28H25Cl2NO3/c1-5-33-26-14-27-22(23(15-34-27)20-10-9-19(29)12-24(20)30)13-21(26)17(3)11-28(32)31-25-8-6-7-16(2)18(25)4/h6-15H,5H2,1-4H3,(H,31,32)/b17-11+. The van der Waals surface area contributed by atoms with Gasteiger partial charge in [-0.3, -0.25) is 4.79 Å². The Morgan fingerprint density at radius 1 is 1.09 bits per heavy atom. The predicted molar refractivity (Wildman–Crippen MR) is 141 cm³/mol.